The van der Waals surface area contributed by atoms with Gasteiger partial charge >= 0.3 is 5.97 Å². The number of carboxylic acid groups (broad SMARTS) is 2. The van der Waals surface area contributed by atoms with Crippen LogP contribution in [-0.4, -0.2) is 40.5 Å². The van der Waals surface area contributed by atoms with Crippen LogP contribution in [0.25, 0.3) is 0 Å². The van der Waals surface area contributed by atoms with Crippen LogP contribution in [-0.2, 0) is 14.4 Å². The molecule has 0 aromatic carbocycles. The van der Waals surface area contributed by atoms with Gasteiger partial charge in [0.1, 0.15) is 6.04 Å². The van der Waals surface area contributed by atoms with Gasteiger partial charge in [-0.2, -0.15) is 11.8 Å². The molecule has 1 fully saturated rings. The van der Waals surface area contributed by atoms with Gasteiger partial charge in [0.15, 0.2) is 0 Å². The van der Waals surface area contributed by atoms with Crippen LogP contribution in [0.4, 0.5) is 0 Å². The molecule has 0 aromatic heterocycles. The molecule has 0 aromatic rings. The second kappa shape index (κ2) is 10.5. The summed E-state index contributed by atoms with van der Waals surface area (Å²) in [6, 6.07) is -0.860. The van der Waals surface area contributed by atoms with Gasteiger partial charge in [-0.3, -0.25) is 9.59 Å². The lowest BCUT2D eigenvalue weighted by Gasteiger charge is -2.12. The Morgan fingerprint density at radius 2 is 2.00 bits per heavy atom. The van der Waals surface area contributed by atoms with Crippen LogP contribution in [0.15, 0.2) is 11.8 Å². The first-order valence-electron chi connectivity index (χ1n) is 7.93. The van der Waals surface area contributed by atoms with Crippen LogP contribution in [0.2, 0.25) is 0 Å². The third-order valence-corrected chi connectivity index (χ3v) is 5.19. The molecule has 0 bridgehead atoms. The molecule has 0 saturated heterocycles. The Morgan fingerprint density at radius 1 is 1.40 bits per heavy atom. The van der Waals surface area contributed by atoms with E-state index in [1.165, 1.54) is 17.8 Å². The van der Waals surface area contributed by atoms with Gasteiger partial charge < -0.3 is 26.1 Å². The van der Waals surface area contributed by atoms with Crippen LogP contribution in [0.5, 0.6) is 0 Å². The molecule has 8 heteroatoms. The van der Waals surface area contributed by atoms with Crippen LogP contribution in [0.1, 0.15) is 47.0 Å². The third kappa shape index (κ3) is 8.40. The van der Waals surface area contributed by atoms with Crippen molar-refractivity contribution >= 4 is 29.6 Å². The van der Waals surface area contributed by atoms with E-state index in [-0.39, 0.29) is 30.4 Å². The molecular formula is C17H29N2O5S-. The summed E-state index contributed by atoms with van der Waals surface area (Å²) < 4.78 is 0. The van der Waals surface area contributed by atoms with E-state index in [0.29, 0.717) is 12.2 Å². The summed E-state index contributed by atoms with van der Waals surface area (Å²) in [4.78, 5) is 33.5. The van der Waals surface area contributed by atoms with Gasteiger partial charge in [0, 0.05) is 11.7 Å². The van der Waals surface area contributed by atoms with Crippen LogP contribution in [0, 0.1) is 11.3 Å². The van der Waals surface area contributed by atoms with Gasteiger partial charge in [0.2, 0.25) is 5.91 Å². The summed E-state index contributed by atoms with van der Waals surface area (Å²) in [5.74, 6) is -1.72. The second-order valence-electron chi connectivity index (χ2n) is 6.66. The Labute approximate surface area is 153 Å². The molecule has 1 saturated carbocycles. The molecule has 0 radical (unpaired) electrons. The number of allylic oxidation sites excluding steroid dienone is 1. The monoisotopic (exact) mass is 373 g/mol. The largest absolute Gasteiger partial charge is 0.543 e. The van der Waals surface area contributed by atoms with Gasteiger partial charge in [-0.05, 0) is 36.9 Å². The number of carbonyl (C=O) groups excluding carboxylic acids is 2. The lowest BCUT2D eigenvalue weighted by Crippen LogP contribution is -2.36. The lowest BCUT2D eigenvalue weighted by atomic mass is 10.1. The van der Waals surface area contributed by atoms with E-state index in [1.54, 1.807) is 0 Å². The summed E-state index contributed by atoms with van der Waals surface area (Å²) in [6.07, 6.45) is 4.27. The number of carbonyl (C=O) groups is 3. The topological polar surface area (TPSA) is 133 Å². The fraction of sp³-hybridized carbons (Fsp3) is 0.706. The molecular weight excluding hydrogens is 344 g/mol. The first-order valence-corrected chi connectivity index (χ1v) is 9.09. The van der Waals surface area contributed by atoms with Crippen LogP contribution >= 0.6 is 11.8 Å². The average Bonchev–Trinajstić information content (AvgIpc) is 3.13. The van der Waals surface area contributed by atoms with E-state index in [0.717, 1.165) is 25.0 Å². The van der Waals surface area contributed by atoms with Gasteiger partial charge in [0.25, 0.3) is 0 Å². The van der Waals surface area contributed by atoms with Crippen LogP contribution < -0.4 is 16.2 Å². The highest BCUT2D eigenvalue weighted by atomic mass is 32.2. The maximum Gasteiger partial charge on any atom is 0.321 e. The molecule has 7 nitrogen and oxygen atoms in total. The van der Waals surface area contributed by atoms with E-state index < -0.39 is 18.0 Å². The molecule has 1 aliphatic carbocycles. The zero-order valence-electron chi connectivity index (χ0n) is 14.0. The molecule has 4 N–H and O–H groups in total. The molecule has 1 aliphatic rings. The minimum Gasteiger partial charge on any atom is -0.543 e. The Morgan fingerprint density at radius 3 is 2.48 bits per heavy atom. The Hall–Kier alpha value is -1.54. The smallest absolute Gasteiger partial charge is 0.321 e. The summed E-state index contributed by atoms with van der Waals surface area (Å²) >= 11 is 1.45. The number of hydrogen-bond donors (Lipinski definition) is 3. The minimum atomic E-state index is -1.39. The maximum atomic E-state index is 11.9. The molecule has 0 spiro atoms. The van der Waals surface area contributed by atoms with Crippen molar-refractivity contribution < 1.29 is 24.6 Å². The number of hydrogen-bond acceptors (Lipinski definition) is 6. The molecule has 144 valence electrons. The summed E-state index contributed by atoms with van der Waals surface area (Å²) in [6.45, 7) is 3.93. The molecule has 25 heavy (non-hydrogen) atoms. The molecule has 0 heterocycles. The molecule has 2 atom stereocenters. The Balaban J connectivity index is 0.00000576. The van der Waals surface area contributed by atoms with E-state index in [2.05, 4.69) is 5.32 Å². The third-order valence-electron chi connectivity index (χ3n) is 4.01. The summed E-state index contributed by atoms with van der Waals surface area (Å²) in [5, 5.41) is 22.2. The fourth-order valence-corrected chi connectivity index (χ4v) is 3.17. The van der Waals surface area contributed by atoms with Gasteiger partial charge in [-0.15, -0.1) is 0 Å². The fourth-order valence-electron chi connectivity index (χ4n) is 2.20. The number of nitrogens with one attached hydrogen (secondary N) is 1. The molecule has 0 aliphatic heterocycles. The summed E-state index contributed by atoms with van der Waals surface area (Å²) in [5.41, 5.74) is 5.15. The Bertz CT molecular complexity index is 519. The second-order valence-corrected chi connectivity index (χ2v) is 7.81. The highest BCUT2D eigenvalue weighted by molar-refractivity contribution is 7.99. The van der Waals surface area contributed by atoms with Gasteiger partial charge in [-0.1, -0.05) is 27.4 Å². The van der Waals surface area contributed by atoms with Crippen molar-refractivity contribution in [3.05, 3.63) is 11.8 Å². The van der Waals surface area contributed by atoms with Crippen molar-refractivity contribution in [2.75, 3.05) is 11.5 Å². The van der Waals surface area contributed by atoms with Gasteiger partial charge in [0.05, 0.1) is 11.7 Å². The average molecular weight is 373 g/mol. The number of rotatable bonds is 11. The van der Waals surface area contributed by atoms with E-state index in [4.69, 9.17) is 10.8 Å². The Kier molecular flexibility index (Phi) is 9.81. The lowest BCUT2D eigenvalue weighted by molar-refractivity contribution is -0.299. The van der Waals surface area contributed by atoms with Crippen molar-refractivity contribution in [1.82, 2.24) is 5.32 Å². The first kappa shape index (κ1) is 23.5. The SMILES string of the molecule is C.CC1(C)CC1C(=O)N/C(=C\CCCCSCC(N)C(=O)O)C(=O)[O-]. The molecule has 2 unspecified atom stereocenters. The van der Waals surface area contributed by atoms with E-state index >= 15 is 0 Å². The number of thioether (sulfide) groups is 1. The molecule has 1 rings (SSSR count). The number of nitrogens with two attached hydrogens (primary N) is 1. The number of carboxylic acids is 2. The van der Waals surface area contributed by atoms with Crippen molar-refractivity contribution in [2.45, 2.75) is 53.0 Å². The standard InChI is InChI=1S/C16H26N2O5S.CH4/c1-16(2)8-10(16)13(19)18-12(15(22)23)6-4-3-5-7-24-9-11(17)14(20)21;/h6,10-11H,3-5,7-9,17H2,1-2H3,(H,18,19)(H,20,21)(H,22,23);1H4/p-1/b12-6-;. The van der Waals surface area contributed by atoms with E-state index in [1.807, 2.05) is 13.8 Å². The van der Waals surface area contributed by atoms with Crippen LogP contribution in [0.3, 0.4) is 0 Å². The highest BCUT2D eigenvalue weighted by Crippen LogP contribution is 2.51. The zero-order valence-corrected chi connectivity index (χ0v) is 14.9. The van der Waals surface area contributed by atoms with Gasteiger partial charge in [-0.25, -0.2) is 0 Å². The predicted octanol–water partition coefficient (Wildman–Crippen LogP) is 0.734. The van der Waals surface area contributed by atoms with E-state index in [9.17, 15) is 19.5 Å². The number of aliphatic carboxylic acids is 2. The highest BCUT2D eigenvalue weighted by Gasteiger charge is 2.50. The number of unbranched alkanes of at least 4 members (excludes halogenated alkanes) is 2. The first-order chi connectivity index (χ1) is 11.1. The zero-order chi connectivity index (χ0) is 18.3. The maximum absolute atomic E-state index is 11.9. The molecule has 1 amide bonds. The van der Waals surface area contributed by atoms with Crippen molar-refractivity contribution in [1.29, 1.82) is 0 Å². The number of amides is 1. The summed E-state index contributed by atoms with van der Waals surface area (Å²) in [7, 11) is 0. The van der Waals surface area contributed by atoms with Crippen molar-refractivity contribution in [3.8, 4) is 0 Å². The normalized spacial score (nSPS) is 19.5. The van der Waals surface area contributed by atoms with Crippen molar-refractivity contribution in [2.24, 2.45) is 17.1 Å². The van der Waals surface area contributed by atoms with Crippen molar-refractivity contribution in [3.63, 3.8) is 0 Å². The quantitative estimate of drug-likeness (QED) is 0.359. The predicted molar refractivity (Wildman–Crippen MR) is 96.6 cm³/mol. The minimum absolute atomic E-state index is 0.